The number of rotatable bonds is 5. The molecule has 0 unspecified atom stereocenters. The lowest BCUT2D eigenvalue weighted by molar-refractivity contribution is -0.114. The molecule has 0 bridgehead atoms. The van der Waals surface area contributed by atoms with Crippen LogP contribution in [0.1, 0.15) is 43.1 Å². The SMILES string of the molecule is CCCCC1=NN2C(=N)C(=Cc3cc(C)n(-c4ccc(Br)cc4)c3C)C(=O)N=C2S1. The molecule has 0 radical (unpaired) electrons. The van der Waals surface area contributed by atoms with Gasteiger partial charge in [-0.1, -0.05) is 29.3 Å². The molecule has 154 valence electrons. The molecule has 0 saturated heterocycles. The minimum atomic E-state index is -0.390. The van der Waals surface area contributed by atoms with E-state index in [1.807, 2.05) is 44.2 Å². The molecule has 30 heavy (non-hydrogen) atoms. The number of hydrogen-bond donors (Lipinski definition) is 1. The molecule has 8 heteroatoms. The van der Waals surface area contributed by atoms with Crippen LogP contribution in [0, 0.1) is 19.3 Å². The molecule has 3 heterocycles. The highest BCUT2D eigenvalue weighted by atomic mass is 79.9. The van der Waals surface area contributed by atoms with E-state index in [9.17, 15) is 4.79 Å². The second-order valence-electron chi connectivity index (χ2n) is 7.26. The molecule has 0 atom stereocenters. The lowest BCUT2D eigenvalue weighted by atomic mass is 10.1. The highest BCUT2D eigenvalue weighted by Crippen LogP contribution is 2.31. The van der Waals surface area contributed by atoms with E-state index < -0.39 is 0 Å². The summed E-state index contributed by atoms with van der Waals surface area (Å²) in [4.78, 5) is 16.9. The van der Waals surface area contributed by atoms with Crippen LogP contribution in [0.4, 0.5) is 0 Å². The maximum atomic E-state index is 12.7. The number of aliphatic imine (C=N–C) groups is 1. The molecule has 4 rings (SSSR count). The number of hydrazone groups is 1. The van der Waals surface area contributed by atoms with Crippen molar-refractivity contribution in [2.24, 2.45) is 10.1 Å². The van der Waals surface area contributed by atoms with E-state index in [1.165, 1.54) is 16.8 Å². The van der Waals surface area contributed by atoms with Crippen molar-refractivity contribution in [3.63, 3.8) is 0 Å². The van der Waals surface area contributed by atoms with E-state index >= 15 is 0 Å². The summed E-state index contributed by atoms with van der Waals surface area (Å²) >= 11 is 4.86. The van der Waals surface area contributed by atoms with Crippen LogP contribution < -0.4 is 0 Å². The molecule has 2 aliphatic heterocycles. The lowest BCUT2D eigenvalue weighted by Crippen LogP contribution is -2.35. The van der Waals surface area contributed by atoms with Crippen LogP contribution in [0.5, 0.6) is 0 Å². The molecule has 0 aliphatic carbocycles. The normalized spacial score (nSPS) is 17.5. The van der Waals surface area contributed by atoms with Crippen molar-refractivity contribution in [1.29, 1.82) is 5.41 Å². The maximum absolute atomic E-state index is 12.7. The minimum absolute atomic E-state index is 0.0810. The molecule has 0 fully saturated rings. The molecule has 6 nitrogen and oxygen atoms in total. The largest absolute Gasteiger partial charge is 0.318 e. The summed E-state index contributed by atoms with van der Waals surface area (Å²) in [5, 5.41) is 15.9. The topological polar surface area (TPSA) is 73.8 Å². The zero-order chi connectivity index (χ0) is 21.4. The van der Waals surface area contributed by atoms with E-state index in [0.717, 1.165) is 51.4 Å². The quantitative estimate of drug-likeness (QED) is 0.556. The molecular formula is C22H22BrN5OS. The fraction of sp³-hybridized carbons (Fsp3) is 0.273. The summed E-state index contributed by atoms with van der Waals surface area (Å²) in [5.74, 6) is -0.309. The fourth-order valence-electron chi connectivity index (χ4n) is 3.54. The summed E-state index contributed by atoms with van der Waals surface area (Å²) in [6, 6.07) is 10.1. The van der Waals surface area contributed by atoms with E-state index in [2.05, 4.69) is 37.5 Å². The van der Waals surface area contributed by atoms with Crippen LogP contribution in [0.3, 0.4) is 0 Å². The minimum Gasteiger partial charge on any atom is -0.318 e. The third kappa shape index (κ3) is 3.81. The number of thioether (sulfide) groups is 1. The van der Waals surface area contributed by atoms with Gasteiger partial charge in [0.25, 0.3) is 5.91 Å². The Balaban J connectivity index is 1.68. The van der Waals surface area contributed by atoms with Crippen LogP contribution in [0.15, 0.2) is 50.5 Å². The number of fused-ring (bicyclic) bond motifs is 1. The number of nitrogens with zero attached hydrogens (tertiary/aromatic N) is 4. The molecule has 1 N–H and O–H groups in total. The van der Waals surface area contributed by atoms with Crippen molar-refractivity contribution in [1.82, 2.24) is 9.58 Å². The first-order valence-corrected chi connectivity index (χ1v) is 11.4. The number of nitrogens with one attached hydrogen (secondary N) is 1. The summed E-state index contributed by atoms with van der Waals surface area (Å²) in [6.07, 6.45) is 4.69. The standard InChI is InChI=1S/C22H22BrN5OS/c1-4-5-6-19-26-28-20(24)18(21(29)25-22(28)30-19)12-15-11-13(2)27(14(15)3)17-9-7-16(23)8-10-17/h7-12,24H,4-6H2,1-3H3. The van der Waals surface area contributed by atoms with Gasteiger partial charge >= 0.3 is 0 Å². The van der Waals surface area contributed by atoms with E-state index in [4.69, 9.17) is 5.41 Å². The predicted octanol–water partition coefficient (Wildman–Crippen LogP) is 5.67. The molecule has 2 aromatic rings. The van der Waals surface area contributed by atoms with Gasteiger partial charge in [0.2, 0.25) is 5.17 Å². The number of carbonyl (C=O) groups is 1. The fourth-order valence-corrected chi connectivity index (χ4v) is 4.73. The second kappa shape index (κ2) is 8.35. The monoisotopic (exact) mass is 483 g/mol. The smallest absolute Gasteiger partial charge is 0.283 e. The third-order valence-corrected chi connectivity index (χ3v) is 6.59. The number of carbonyl (C=O) groups excluding carboxylic acids is 1. The zero-order valence-electron chi connectivity index (χ0n) is 17.1. The van der Waals surface area contributed by atoms with Crippen molar-refractivity contribution in [3.8, 4) is 5.69 Å². The first-order valence-electron chi connectivity index (χ1n) is 9.83. The lowest BCUT2D eigenvalue weighted by Gasteiger charge is -2.20. The van der Waals surface area contributed by atoms with Crippen LogP contribution >= 0.6 is 27.7 Å². The Morgan fingerprint density at radius 1 is 1.23 bits per heavy atom. The van der Waals surface area contributed by atoms with Crippen molar-refractivity contribution in [3.05, 3.63) is 57.3 Å². The Morgan fingerprint density at radius 2 is 1.97 bits per heavy atom. The number of aryl methyl sites for hydroxylation is 1. The molecule has 1 aromatic carbocycles. The van der Waals surface area contributed by atoms with Gasteiger partial charge in [-0.05, 0) is 80.4 Å². The Morgan fingerprint density at radius 3 is 2.67 bits per heavy atom. The number of amides is 1. The van der Waals surface area contributed by atoms with E-state index in [0.29, 0.717) is 5.17 Å². The van der Waals surface area contributed by atoms with E-state index in [1.54, 1.807) is 6.08 Å². The number of unbranched alkanes of at least 4 members (excludes halogenated alkanes) is 1. The van der Waals surface area contributed by atoms with Gasteiger partial charge in [-0.2, -0.15) is 15.1 Å². The Labute approximate surface area is 188 Å². The van der Waals surface area contributed by atoms with Gasteiger partial charge in [0.05, 0.1) is 5.57 Å². The number of hydrogen-bond acceptors (Lipinski definition) is 4. The maximum Gasteiger partial charge on any atom is 0.283 e. The van der Waals surface area contributed by atoms with Crippen molar-refractivity contribution in [2.45, 2.75) is 40.0 Å². The summed E-state index contributed by atoms with van der Waals surface area (Å²) in [6.45, 7) is 6.17. The number of amidine groups is 2. The Hall–Kier alpha value is -2.45. The van der Waals surface area contributed by atoms with E-state index in [-0.39, 0.29) is 17.3 Å². The summed E-state index contributed by atoms with van der Waals surface area (Å²) < 4.78 is 3.16. The van der Waals surface area contributed by atoms with Crippen LogP contribution in [0.25, 0.3) is 11.8 Å². The highest BCUT2D eigenvalue weighted by molar-refractivity contribution is 9.10. The first kappa shape index (κ1) is 20.8. The predicted molar refractivity (Wildman–Crippen MR) is 127 cm³/mol. The zero-order valence-corrected chi connectivity index (χ0v) is 19.5. The average molecular weight is 484 g/mol. The number of benzene rings is 1. The van der Waals surface area contributed by atoms with Gasteiger partial charge < -0.3 is 4.57 Å². The van der Waals surface area contributed by atoms with Gasteiger partial charge in [-0.25, -0.2) is 0 Å². The van der Waals surface area contributed by atoms with Gasteiger partial charge in [0.1, 0.15) is 5.04 Å². The number of aromatic nitrogens is 1. The van der Waals surface area contributed by atoms with Crippen LogP contribution in [-0.4, -0.2) is 31.5 Å². The molecule has 1 amide bonds. The molecular weight excluding hydrogens is 462 g/mol. The summed E-state index contributed by atoms with van der Waals surface area (Å²) in [5.41, 5.74) is 4.25. The highest BCUT2D eigenvalue weighted by Gasteiger charge is 2.35. The Kier molecular flexibility index (Phi) is 5.79. The average Bonchev–Trinajstić information content (AvgIpc) is 3.24. The first-order chi connectivity index (χ1) is 14.4. The van der Waals surface area contributed by atoms with Gasteiger partial charge in [-0.15, -0.1) is 0 Å². The van der Waals surface area contributed by atoms with Crippen LogP contribution in [0.2, 0.25) is 0 Å². The van der Waals surface area contributed by atoms with Crippen molar-refractivity contribution < 1.29 is 4.79 Å². The molecule has 1 aromatic heterocycles. The third-order valence-electron chi connectivity index (χ3n) is 5.10. The van der Waals surface area contributed by atoms with Gasteiger partial charge in [-0.3, -0.25) is 10.2 Å². The summed E-state index contributed by atoms with van der Waals surface area (Å²) in [7, 11) is 0. The molecule has 0 spiro atoms. The second-order valence-corrected chi connectivity index (χ2v) is 9.21. The molecule has 0 saturated carbocycles. The van der Waals surface area contributed by atoms with Gasteiger partial charge in [0.15, 0.2) is 5.84 Å². The molecule has 2 aliphatic rings. The number of halogens is 1. The van der Waals surface area contributed by atoms with Gasteiger partial charge in [0, 0.05) is 21.5 Å². The van der Waals surface area contributed by atoms with Crippen LogP contribution in [-0.2, 0) is 4.79 Å². The van der Waals surface area contributed by atoms with Crippen molar-refractivity contribution >= 4 is 55.7 Å². The van der Waals surface area contributed by atoms with Crippen molar-refractivity contribution in [2.75, 3.05) is 0 Å². The Bertz CT molecular complexity index is 1130.